The van der Waals surface area contributed by atoms with Gasteiger partial charge in [0.25, 0.3) is 0 Å². The Bertz CT molecular complexity index is 369. The van der Waals surface area contributed by atoms with Crippen LogP contribution in [0.25, 0.3) is 0 Å². The maximum absolute atomic E-state index is 11.5. The summed E-state index contributed by atoms with van der Waals surface area (Å²) < 4.78 is 0. The zero-order valence-corrected chi connectivity index (χ0v) is 11.9. The second-order valence-corrected chi connectivity index (χ2v) is 5.59. The van der Waals surface area contributed by atoms with Gasteiger partial charge in [-0.25, -0.2) is 0 Å². The fraction of sp³-hybridized carbons (Fsp3) is 0.500. The largest absolute Gasteiger partial charge is 0.368 e. The molecule has 0 saturated heterocycles. The van der Waals surface area contributed by atoms with Gasteiger partial charge in [0.2, 0.25) is 5.91 Å². The van der Waals surface area contributed by atoms with Crippen molar-refractivity contribution in [3.8, 4) is 0 Å². The molecule has 1 aromatic rings. The smallest absolute Gasteiger partial charge is 0.238 e. The Morgan fingerprint density at radius 2 is 2.06 bits per heavy atom. The average Bonchev–Trinajstić information content (AvgIpc) is 2.37. The second kappa shape index (κ2) is 7.44. The highest BCUT2D eigenvalue weighted by atomic mass is 32.2. The van der Waals surface area contributed by atoms with E-state index in [1.807, 2.05) is 25.1 Å². The first-order valence-electron chi connectivity index (χ1n) is 6.25. The molecule has 100 valence electrons. The second-order valence-electron chi connectivity index (χ2n) is 4.60. The van der Waals surface area contributed by atoms with Crippen LogP contribution in [0.1, 0.15) is 25.8 Å². The van der Waals surface area contributed by atoms with E-state index in [-0.39, 0.29) is 5.91 Å². The molecule has 0 radical (unpaired) electrons. The maximum atomic E-state index is 11.5. The summed E-state index contributed by atoms with van der Waals surface area (Å²) in [6.07, 6.45) is 0.992. The van der Waals surface area contributed by atoms with Gasteiger partial charge in [-0.05, 0) is 25.5 Å². The summed E-state index contributed by atoms with van der Waals surface area (Å²) in [5, 5.41) is 3.24. The molecule has 0 spiro atoms. The highest BCUT2D eigenvalue weighted by Gasteiger charge is 2.29. The Morgan fingerprint density at radius 3 is 2.61 bits per heavy atom. The Hall–Kier alpha value is -1.00. The average molecular weight is 266 g/mol. The van der Waals surface area contributed by atoms with Crippen LogP contribution in [0.5, 0.6) is 0 Å². The number of primary amides is 1. The van der Waals surface area contributed by atoms with E-state index in [9.17, 15) is 4.79 Å². The Balaban J connectivity index is 2.45. The normalized spacial score (nSPS) is 14.1. The number of hydrogen-bond acceptors (Lipinski definition) is 3. The van der Waals surface area contributed by atoms with E-state index in [0.717, 1.165) is 18.7 Å². The van der Waals surface area contributed by atoms with Crippen LogP contribution in [0.15, 0.2) is 30.3 Å². The van der Waals surface area contributed by atoms with Gasteiger partial charge in [-0.15, -0.1) is 0 Å². The first-order chi connectivity index (χ1) is 8.58. The lowest BCUT2D eigenvalue weighted by Crippen LogP contribution is -2.55. The number of nitrogens with one attached hydrogen (secondary N) is 1. The summed E-state index contributed by atoms with van der Waals surface area (Å²) in [4.78, 5) is 11.5. The van der Waals surface area contributed by atoms with Crippen LogP contribution < -0.4 is 11.1 Å². The van der Waals surface area contributed by atoms with E-state index in [4.69, 9.17) is 5.73 Å². The molecule has 1 amide bonds. The maximum Gasteiger partial charge on any atom is 0.238 e. The minimum atomic E-state index is -0.616. The van der Waals surface area contributed by atoms with Gasteiger partial charge in [0.05, 0.1) is 0 Å². The molecule has 0 aliphatic rings. The summed E-state index contributed by atoms with van der Waals surface area (Å²) in [5.41, 5.74) is 6.13. The highest BCUT2D eigenvalue weighted by Crippen LogP contribution is 2.18. The van der Waals surface area contributed by atoms with E-state index >= 15 is 0 Å². The minimum Gasteiger partial charge on any atom is -0.368 e. The van der Waals surface area contributed by atoms with Gasteiger partial charge in [0, 0.05) is 11.5 Å². The van der Waals surface area contributed by atoms with Crippen LogP contribution in [0.3, 0.4) is 0 Å². The molecule has 0 aromatic heterocycles. The van der Waals surface area contributed by atoms with Crippen LogP contribution in [0.2, 0.25) is 0 Å². The van der Waals surface area contributed by atoms with Crippen molar-refractivity contribution in [1.82, 2.24) is 5.32 Å². The molecular formula is C14H22N2OS. The molecule has 3 nitrogen and oxygen atoms in total. The Kier molecular flexibility index (Phi) is 6.22. The molecule has 1 rings (SSSR count). The Labute approximate surface area is 114 Å². The van der Waals surface area contributed by atoms with Crippen molar-refractivity contribution < 1.29 is 4.79 Å². The molecular weight excluding hydrogens is 244 g/mol. The molecule has 3 N–H and O–H groups in total. The van der Waals surface area contributed by atoms with Gasteiger partial charge in [0.1, 0.15) is 5.54 Å². The van der Waals surface area contributed by atoms with E-state index in [1.165, 1.54) is 5.56 Å². The first kappa shape index (κ1) is 15.1. The van der Waals surface area contributed by atoms with Gasteiger partial charge >= 0.3 is 0 Å². The number of rotatable bonds is 8. The summed E-state index contributed by atoms with van der Waals surface area (Å²) in [7, 11) is 0. The quantitative estimate of drug-likeness (QED) is 0.758. The number of amides is 1. The molecule has 0 bridgehead atoms. The van der Waals surface area contributed by atoms with Crippen molar-refractivity contribution in [2.24, 2.45) is 5.73 Å². The SMILES string of the molecule is CCCNC(C)(CSCc1ccccc1)C(N)=O. The summed E-state index contributed by atoms with van der Waals surface area (Å²) in [6, 6.07) is 10.2. The van der Waals surface area contributed by atoms with Gasteiger partial charge in [0.15, 0.2) is 0 Å². The fourth-order valence-corrected chi connectivity index (χ4v) is 2.74. The third kappa shape index (κ3) is 4.70. The number of carbonyl (C=O) groups excluding carboxylic acids is 1. The molecule has 1 aromatic carbocycles. The number of benzene rings is 1. The number of thioether (sulfide) groups is 1. The third-order valence-corrected chi connectivity index (χ3v) is 4.13. The van der Waals surface area contributed by atoms with E-state index in [2.05, 4.69) is 24.4 Å². The van der Waals surface area contributed by atoms with E-state index in [1.54, 1.807) is 11.8 Å². The lowest BCUT2D eigenvalue weighted by Gasteiger charge is -2.27. The number of hydrogen-bond donors (Lipinski definition) is 2. The first-order valence-corrected chi connectivity index (χ1v) is 7.40. The third-order valence-electron chi connectivity index (χ3n) is 2.81. The summed E-state index contributed by atoms with van der Waals surface area (Å²) >= 11 is 1.73. The van der Waals surface area contributed by atoms with Crippen LogP contribution in [-0.4, -0.2) is 23.7 Å². The monoisotopic (exact) mass is 266 g/mol. The Morgan fingerprint density at radius 1 is 1.39 bits per heavy atom. The van der Waals surface area contributed by atoms with E-state index < -0.39 is 5.54 Å². The number of nitrogens with two attached hydrogens (primary N) is 1. The van der Waals surface area contributed by atoms with Gasteiger partial charge < -0.3 is 11.1 Å². The van der Waals surface area contributed by atoms with Crippen molar-refractivity contribution in [2.45, 2.75) is 31.6 Å². The molecule has 18 heavy (non-hydrogen) atoms. The van der Waals surface area contributed by atoms with Crippen molar-refractivity contribution >= 4 is 17.7 Å². The highest BCUT2D eigenvalue weighted by molar-refractivity contribution is 7.98. The lowest BCUT2D eigenvalue weighted by atomic mass is 10.1. The standard InChI is InChI=1S/C14H22N2OS/c1-3-9-16-14(2,13(15)17)11-18-10-12-7-5-4-6-8-12/h4-8,16H,3,9-11H2,1-2H3,(H2,15,17). The predicted molar refractivity (Wildman–Crippen MR) is 78.5 cm³/mol. The van der Waals surface area contributed by atoms with Crippen LogP contribution in [0, 0.1) is 0 Å². The molecule has 0 saturated carbocycles. The van der Waals surface area contributed by atoms with Crippen LogP contribution >= 0.6 is 11.8 Å². The van der Waals surface area contributed by atoms with E-state index in [0.29, 0.717) is 5.75 Å². The van der Waals surface area contributed by atoms with Crippen molar-refractivity contribution in [3.05, 3.63) is 35.9 Å². The number of carbonyl (C=O) groups is 1. The van der Waals surface area contributed by atoms with Gasteiger partial charge in [-0.1, -0.05) is 37.3 Å². The van der Waals surface area contributed by atoms with Crippen LogP contribution in [0.4, 0.5) is 0 Å². The summed E-state index contributed by atoms with van der Waals surface area (Å²) in [6.45, 7) is 4.76. The van der Waals surface area contributed by atoms with Crippen LogP contribution in [-0.2, 0) is 10.5 Å². The van der Waals surface area contributed by atoms with Gasteiger partial charge in [-0.2, -0.15) is 11.8 Å². The molecule has 0 heterocycles. The molecule has 1 atom stereocenters. The van der Waals surface area contributed by atoms with Crippen molar-refractivity contribution in [2.75, 3.05) is 12.3 Å². The molecule has 1 unspecified atom stereocenters. The lowest BCUT2D eigenvalue weighted by molar-refractivity contribution is -0.122. The molecule has 0 aliphatic carbocycles. The van der Waals surface area contributed by atoms with Gasteiger partial charge in [-0.3, -0.25) is 4.79 Å². The predicted octanol–water partition coefficient (Wildman–Crippen LogP) is 2.16. The van der Waals surface area contributed by atoms with Crippen molar-refractivity contribution in [1.29, 1.82) is 0 Å². The zero-order chi connectivity index (χ0) is 13.4. The summed E-state index contributed by atoms with van der Waals surface area (Å²) in [5.74, 6) is 1.31. The topological polar surface area (TPSA) is 55.1 Å². The molecule has 4 heteroatoms. The fourth-order valence-electron chi connectivity index (χ4n) is 1.56. The van der Waals surface area contributed by atoms with Crippen molar-refractivity contribution in [3.63, 3.8) is 0 Å². The molecule has 0 fully saturated rings. The molecule has 0 aliphatic heterocycles. The zero-order valence-electron chi connectivity index (χ0n) is 11.1. The minimum absolute atomic E-state index is 0.281.